The van der Waals surface area contributed by atoms with E-state index in [1.54, 1.807) is 18.3 Å². The number of amides is 1. The molecule has 0 saturated carbocycles. The second-order valence-electron chi connectivity index (χ2n) is 4.49. The van der Waals surface area contributed by atoms with Gasteiger partial charge in [-0.2, -0.15) is 5.10 Å². The first-order chi connectivity index (χ1) is 10.0. The lowest BCUT2D eigenvalue weighted by Crippen LogP contribution is -2.13. The number of nitrogens with zero attached hydrogens (tertiary/aromatic N) is 1. The molecule has 1 amide bonds. The number of anilines is 2. The van der Waals surface area contributed by atoms with E-state index in [1.807, 2.05) is 0 Å². The van der Waals surface area contributed by atoms with Crippen LogP contribution >= 0.6 is 11.6 Å². The third-order valence-corrected chi connectivity index (χ3v) is 3.28. The molecule has 0 bridgehead atoms. The summed E-state index contributed by atoms with van der Waals surface area (Å²) < 4.78 is 13.1. The lowest BCUT2D eigenvalue weighted by Gasteiger charge is -2.07. The number of carbonyl (C=O) groups excluding carboxylic acids is 1. The summed E-state index contributed by atoms with van der Waals surface area (Å²) in [6.07, 6.45) is 1.58. The van der Waals surface area contributed by atoms with Crippen LogP contribution < -0.4 is 11.1 Å². The molecule has 0 fully saturated rings. The highest BCUT2D eigenvalue weighted by atomic mass is 35.5. The highest BCUT2D eigenvalue weighted by Crippen LogP contribution is 2.23. The fourth-order valence-electron chi connectivity index (χ4n) is 2.03. The summed E-state index contributed by atoms with van der Waals surface area (Å²) in [5.41, 5.74) is 7.54. The van der Waals surface area contributed by atoms with Gasteiger partial charge in [0.05, 0.1) is 22.3 Å². The highest BCUT2D eigenvalue weighted by Gasteiger charge is 2.13. The molecular weight excluding hydrogens is 295 g/mol. The van der Waals surface area contributed by atoms with Gasteiger partial charge in [0.1, 0.15) is 5.82 Å². The van der Waals surface area contributed by atoms with Gasteiger partial charge in [0.25, 0.3) is 5.91 Å². The molecular formula is C14H10ClFN4O. The number of hydrogen-bond acceptors (Lipinski definition) is 3. The zero-order valence-corrected chi connectivity index (χ0v) is 11.4. The standard InChI is InChI=1S/C14H10ClFN4O/c15-11-5-9(1-2-12(11)16)19-14(21)10-4-8(17)3-7-6-18-20-13(7)10/h1-6H,17H2,(H,18,20)(H,19,21). The van der Waals surface area contributed by atoms with E-state index < -0.39 is 5.82 Å². The first kappa shape index (κ1) is 13.4. The van der Waals surface area contributed by atoms with Crippen molar-refractivity contribution in [3.05, 3.63) is 52.9 Å². The Bertz CT molecular complexity index is 846. The van der Waals surface area contributed by atoms with Gasteiger partial charge in [-0.1, -0.05) is 11.6 Å². The van der Waals surface area contributed by atoms with Gasteiger partial charge in [-0.15, -0.1) is 0 Å². The Labute approximate surface area is 123 Å². The molecule has 4 N–H and O–H groups in total. The number of carbonyl (C=O) groups is 1. The summed E-state index contributed by atoms with van der Waals surface area (Å²) in [6.45, 7) is 0. The molecule has 1 heterocycles. The van der Waals surface area contributed by atoms with Gasteiger partial charge in [-0.05, 0) is 30.3 Å². The van der Waals surface area contributed by atoms with Crippen molar-refractivity contribution in [2.75, 3.05) is 11.1 Å². The molecule has 2 aromatic carbocycles. The SMILES string of the molecule is Nc1cc(C(=O)Nc2ccc(F)c(Cl)c2)c2[nH]ncc2c1. The topological polar surface area (TPSA) is 83.8 Å². The van der Waals surface area contributed by atoms with E-state index in [0.29, 0.717) is 22.5 Å². The molecule has 0 saturated heterocycles. The summed E-state index contributed by atoms with van der Waals surface area (Å²) in [5, 5.41) is 9.95. The Hall–Kier alpha value is -2.60. The molecule has 0 aliphatic rings. The molecule has 0 aliphatic carbocycles. The molecule has 21 heavy (non-hydrogen) atoms. The number of benzene rings is 2. The van der Waals surface area contributed by atoms with Crippen molar-refractivity contribution < 1.29 is 9.18 Å². The summed E-state index contributed by atoms with van der Waals surface area (Å²) in [7, 11) is 0. The first-order valence-electron chi connectivity index (χ1n) is 6.03. The number of hydrogen-bond donors (Lipinski definition) is 3. The average Bonchev–Trinajstić information content (AvgIpc) is 2.90. The van der Waals surface area contributed by atoms with Gasteiger partial charge >= 0.3 is 0 Å². The molecule has 5 nitrogen and oxygen atoms in total. The lowest BCUT2D eigenvalue weighted by molar-refractivity contribution is 0.102. The summed E-state index contributed by atoms with van der Waals surface area (Å²) in [5.74, 6) is -0.936. The van der Waals surface area contributed by atoms with E-state index in [4.69, 9.17) is 17.3 Å². The van der Waals surface area contributed by atoms with Crippen molar-refractivity contribution in [3.63, 3.8) is 0 Å². The number of aromatic nitrogens is 2. The van der Waals surface area contributed by atoms with Gasteiger partial charge < -0.3 is 11.1 Å². The van der Waals surface area contributed by atoms with Crippen molar-refractivity contribution in [2.24, 2.45) is 0 Å². The van der Waals surface area contributed by atoms with Crippen LogP contribution in [0.25, 0.3) is 10.9 Å². The maximum Gasteiger partial charge on any atom is 0.257 e. The second kappa shape index (κ2) is 5.06. The molecule has 3 rings (SSSR count). The zero-order chi connectivity index (χ0) is 15.0. The van der Waals surface area contributed by atoms with E-state index in [-0.39, 0.29) is 10.9 Å². The Morgan fingerprint density at radius 1 is 1.33 bits per heavy atom. The molecule has 106 valence electrons. The fourth-order valence-corrected chi connectivity index (χ4v) is 2.21. The quantitative estimate of drug-likeness (QED) is 0.636. The Morgan fingerprint density at radius 3 is 2.90 bits per heavy atom. The van der Waals surface area contributed by atoms with Crippen LogP contribution in [0, 0.1) is 5.82 Å². The van der Waals surface area contributed by atoms with E-state index in [1.165, 1.54) is 18.2 Å². The maximum atomic E-state index is 13.1. The molecule has 3 aromatic rings. The van der Waals surface area contributed by atoms with Gasteiger partial charge in [0.2, 0.25) is 0 Å². The highest BCUT2D eigenvalue weighted by molar-refractivity contribution is 6.31. The molecule has 7 heteroatoms. The van der Waals surface area contributed by atoms with Crippen molar-refractivity contribution in [1.29, 1.82) is 0 Å². The predicted octanol–water partition coefficient (Wildman–Crippen LogP) is 3.19. The normalized spacial score (nSPS) is 10.8. The van der Waals surface area contributed by atoms with Crippen LogP contribution in [-0.4, -0.2) is 16.1 Å². The molecule has 1 aromatic heterocycles. The van der Waals surface area contributed by atoms with Crippen LogP contribution in [0.3, 0.4) is 0 Å². The van der Waals surface area contributed by atoms with Gasteiger partial charge in [-0.25, -0.2) is 4.39 Å². The van der Waals surface area contributed by atoms with Gasteiger partial charge in [0, 0.05) is 16.8 Å². The number of aromatic amines is 1. The zero-order valence-electron chi connectivity index (χ0n) is 10.7. The van der Waals surface area contributed by atoms with E-state index in [0.717, 1.165) is 5.39 Å². The Morgan fingerprint density at radius 2 is 2.14 bits per heavy atom. The first-order valence-corrected chi connectivity index (χ1v) is 6.41. The number of halogens is 2. The van der Waals surface area contributed by atoms with Crippen molar-refractivity contribution >= 4 is 39.8 Å². The molecule has 0 radical (unpaired) electrons. The monoisotopic (exact) mass is 304 g/mol. The number of rotatable bonds is 2. The summed E-state index contributed by atoms with van der Waals surface area (Å²) in [4.78, 5) is 12.3. The van der Waals surface area contributed by atoms with E-state index in [2.05, 4.69) is 15.5 Å². The third-order valence-electron chi connectivity index (χ3n) is 2.99. The number of nitrogens with one attached hydrogen (secondary N) is 2. The molecule has 0 aliphatic heterocycles. The van der Waals surface area contributed by atoms with Crippen LogP contribution in [-0.2, 0) is 0 Å². The lowest BCUT2D eigenvalue weighted by atomic mass is 10.1. The third kappa shape index (κ3) is 2.53. The molecule has 0 unspecified atom stereocenters. The Kier molecular flexibility index (Phi) is 3.23. The summed E-state index contributed by atoms with van der Waals surface area (Å²) >= 11 is 5.68. The van der Waals surface area contributed by atoms with Gasteiger partial charge in [0.15, 0.2) is 0 Å². The molecule has 0 atom stereocenters. The van der Waals surface area contributed by atoms with Crippen molar-refractivity contribution in [3.8, 4) is 0 Å². The van der Waals surface area contributed by atoms with Crippen LogP contribution in [0.5, 0.6) is 0 Å². The second-order valence-corrected chi connectivity index (χ2v) is 4.89. The minimum absolute atomic E-state index is 0.0629. The minimum Gasteiger partial charge on any atom is -0.399 e. The number of H-pyrrole nitrogens is 1. The fraction of sp³-hybridized carbons (Fsp3) is 0. The largest absolute Gasteiger partial charge is 0.399 e. The number of fused-ring (bicyclic) bond motifs is 1. The van der Waals surface area contributed by atoms with Crippen LogP contribution in [0.15, 0.2) is 36.5 Å². The predicted molar refractivity (Wildman–Crippen MR) is 79.9 cm³/mol. The summed E-state index contributed by atoms with van der Waals surface area (Å²) in [6, 6.07) is 7.20. The number of nitrogens with two attached hydrogens (primary N) is 1. The van der Waals surface area contributed by atoms with E-state index >= 15 is 0 Å². The number of nitrogen functional groups attached to an aromatic ring is 1. The maximum absolute atomic E-state index is 13.1. The van der Waals surface area contributed by atoms with Crippen LogP contribution in [0.4, 0.5) is 15.8 Å². The van der Waals surface area contributed by atoms with Crippen LogP contribution in [0.1, 0.15) is 10.4 Å². The smallest absolute Gasteiger partial charge is 0.257 e. The average molecular weight is 305 g/mol. The van der Waals surface area contributed by atoms with E-state index in [9.17, 15) is 9.18 Å². The minimum atomic E-state index is -0.547. The molecule has 0 spiro atoms. The van der Waals surface area contributed by atoms with Gasteiger partial charge in [-0.3, -0.25) is 9.89 Å². The van der Waals surface area contributed by atoms with Crippen molar-refractivity contribution in [2.45, 2.75) is 0 Å². The van der Waals surface area contributed by atoms with Crippen molar-refractivity contribution in [1.82, 2.24) is 10.2 Å². The Balaban J connectivity index is 1.97. The van der Waals surface area contributed by atoms with Crippen LogP contribution in [0.2, 0.25) is 5.02 Å².